The summed E-state index contributed by atoms with van der Waals surface area (Å²) in [6, 6.07) is 2.47. The fourth-order valence-corrected chi connectivity index (χ4v) is 2.08. The lowest BCUT2D eigenvalue weighted by Gasteiger charge is -2.24. The molecule has 0 radical (unpaired) electrons. The number of piperidine rings is 1. The highest BCUT2D eigenvalue weighted by Crippen LogP contribution is 2.12. The van der Waals surface area contributed by atoms with Gasteiger partial charge in [-0.2, -0.15) is 4.98 Å². The number of nitrogens with one attached hydrogen (secondary N) is 3. The fourth-order valence-electron chi connectivity index (χ4n) is 2.08. The van der Waals surface area contributed by atoms with Crippen LogP contribution in [0, 0.1) is 0 Å². The normalized spacial score (nSPS) is 16.5. The van der Waals surface area contributed by atoms with Crippen molar-refractivity contribution < 1.29 is 0 Å². The first kappa shape index (κ1) is 13.1. The van der Waals surface area contributed by atoms with Crippen molar-refractivity contribution in [2.24, 2.45) is 0 Å². The van der Waals surface area contributed by atoms with Crippen LogP contribution in [0.1, 0.15) is 32.6 Å². The summed E-state index contributed by atoms with van der Waals surface area (Å²) in [4.78, 5) is 8.71. The zero-order chi connectivity index (χ0) is 12.6. The Balaban J connectivity index is 1.85. The standard InChI is InChI=1S/C13H23N5/c1-2-3-7-15-13-16-10-6-12(18-13)17-11-4-8-14-9-5-11/h6,10-11,14H,2-5,7-9H2,1H3,(H2,15,16,17,18). The molecule has 0 unspecified atom stereocenters. The lowest BCUT2D eigenvalue weighted by molar-refractivity contribution is 0.478. The lowest BCUT2D eigenvalue weighted by Crippen LogP contribution is -2.35. The van der Waals surface area contributed by atoms with Gasteiger partial charge in [-0.15, -0.1) is 0 Å². The van der Waals surface area contributed by atoms with Crippen LogP contribution < -0.4 is 16.0 Å². The molecular weight excluding hydrogens is 226 g/mol. The predicted octanol–water partition coefficient (Wildman–Crippen LogP) is 1.85. The summed E-state index contributed by atoms with van der Waals surface area (Å²) in [5.74, 6) is 1.65. The zero-order valence-electron chi connectivity index (χ0n) is 11.1. The molecule has 0 saturated carbocycles. The molecule has 1 saturated heterocycles. The second-order valence-electron chi connectivity index (χ2n) is 4.71. The quantitative estimate of drug-likeness (QED) is 0.672. The third-order valence-electron chi connectivity index (χ3n) is 3.16. The van der Waals surface area contributed by atoms with E-state index in [4.69, 9.17) is 0 Å². The fraction of sp³-hybridized carbons (Fsp3) is 0.692. The molecule has 0 aromatic carbocycles. The maximum absolute atomic E-state index is 4.48. The van der Waals surface area contributed by atoms with Crippen molar-refractivity contribution in [2.75, 3.05) is 30.3 Å². The van der Waals surface area contributed by atoms with Gasteiger partial charge in [0.2, 0.25) is 5.95 Å². The Morgan fingerprint density at radius 2 is 2.22 bits per heavy atom. The SMILES string of the molecule is CCCCNc1nccc(NC2CCNCC2)n1. The van der Waals surface area contributed by atoms with Crippen molar-refractivity contribution in [3.05, 3.63) is 12.3 Å². The van der Waals surface area contributed by atoms with Crippen LogP contribution in [0.4, 0.5) is 11.8 Å². The van der Waals surface area contributed by atoms with Crippen molar-refractivity contribution in [3.63, 3.8) is 0 Å². The molecule has 1 aliphatic rings. The molecule has 2 heterocycles. The van der Waals surface area contributed by atoms with E-state index in [9.17, 15) is 0 Å². The van der Waals surface area contributed by atoms with Gasteiger partial charge in [0, 0.05) is 18.8 Å². The molecule has 5 heteroatoms. The van der Waals surface area contributed by atoms with Crippen molar-refractivity contribution in [1.82, 2.24) is 15.3 Å². The lowest BCUT2D eigenvalue weighted by atomic mass is 10.1. The molecule has 0 spiro atoms. The number of aromatic nitrogens is 2. The van der Waals surface area contributed by atoms with Crippen LogP contribution in [0.3, 0.4) is 0 Å². The van der Waals surface area contributed by atoms with E-state index in [1.165, 1.54) is 6.42 Å². The molecule has 2 rings (SSSR count). The highest BCUT2D eigenvalue weighted by Gasteiger charge is 2.12. The highest BCUT2D eigenvalue weighted by atomic mass is 15.1. The minimum Gasteiger partial charge on any atom is -0.367 e. The molecule has 0 amide bonds. The van der Waals surface area contributed by atoms with Gasteiger partial charge < -0.3 is 16.0 Å². The molecule has 100 valence electrons. The summed E-state index contributed by atoms with van der Waals surface area (Å²) < 4.78 is 0. The van der Waals surface area contributed by atoms with E-state index in [1.807, 2.05) is 12.3 Å². The third-order valence-corrected chi connectivity index (χ3v) is 3.16. The molecule has 0 bridgehead atoms. The van der Waals surface area contributed by atoms with Gasteiger partial charge in [-0.3, -0.25) is 0 Å². The monoisotopic (exact) mass is 249 g/mol. The van der Waals surface area contributed by atoms with E-state index < -0.39 is 0 Å². The molecular formula is C13H23N5. The summed E-state index contributed by atoms with van der Waals surface area (Å²) in [6.07, 6.45) is 6.45. The van der Waals surface area contributed by atoms with Gasteiger partial charge in [0.1, 0.15) is 5.82 Å². The first-order valence-electron chi connectivity index (χ1n) is 6.92. The molecule has 18 heavy (non-hydrogen) atoms. The van der Waals surface area contributed by atoms with Gasteiger partial charge in [0.15, 0.2) is 0 Å². The van der Waals surface area contributed by atoms with Gasteiger partial charge in [0.25, 0.3) is 0 Å². The minimum atomic E-state index is 0.532. The summed E-state index contributed by atoms with van der Waals surface area (Å²) in [7, 11) is 0. The Morgan fingerprint density at radius 3 is 3.00 bits per heavy atom. The molecule has 1 fully saturated rings. The van der Waals surface area contributed by atoms with Gasteiger partial charge >= 0.3 is 0 Å². The Bertz CT molecular complexity index is 349. The molecule has 1 aromatic heterocycles. The Labute approximate surface area is 109 Å². The number of hydrogen-bond acceptors (Lipinski definition) is 5. The molecule has 3 N–H and O–H groups in total. The van der Waals surface area contributed by atoms with Crippen LogP contribution >= 0.6 is 0 Å². The Hall–Kier alpha value is -1.36. The maximum Gasteiger partial charge on any atom is 0.224 e. The summed E-state index contributed by atoms with van der Waals surface area (Å²) in [6.45, 7) is 5.29. The summed E-state index contributed by atoms with van der Waals surface area (Å²) >= 11 is 0. The number of anilines is 2. The zero-order valence-corrected chi connectivity index (χ0v) is 11.1. The third kappa shape index (κ3) is 4.14. The number of unbranched alkanes of at least 4 members (excludes halogenated alkanes) is 1. The smallest absolute Gasteiger partial charge is 0.224 e. The van der Waals surface area contributed by atoms with E-state index in [2.05, 4.69) is 32.8 Å². The van der Waals surface area contributed by atoms with E-state index >= 15 is 0 Å². The van der Waals surface area contributed by atoms with Crippen LogP contribution in [0.15, 0.2) is 12.3 Å². The topological polar surface area (TPSA) is 61.9 Å². The molecule has 0 atom stereocenters. The van der Waals surface area contributed by atoms with Crippen LogP contribution in [-0.4, -0.2) is 35.6 Å². The first-order valence-corrected chi connectivity index (χ1v) is 6.92. The van der Waals surface area contributed by atoms with E-state index in [0.29, 0.717) is 6.04 Å². The van der Waals surface area contributed by atoms with Crippen molar-refractivity contribution >= 4 is 11.8 Å². The van der Waals surface area contributed by atoms with Crippen LogP contribution in [0.2, 0.25) is 0 Å². The molecule has 0 aliphatic carbocycles. The Kier molecular flexibility index (Phi) is 5.20. The first-order chi connectivity index (χ1) is 8.88. The second-order valence-corrected chi connectivity index (χ2v) is 4.71. The maximum atomic E-state index is 4.48. The summed E-state index contributed by atoms with van der Waals surface area (Å²) in [5.41, 5.74) is 0. The van der Waals surface area contributed by atoms with E-state index in [0.717, 1.165) is 50.7 Å². The average Bonchev–Trinajstić information content (AvgIpc) is 2.41. The number of rotatable bonds is 6. The molecule has 1 aromatic rings. The van der Waals surface area contributed by atoms with E-state index in [-0.39, 0.29) is 0 Å². The second kappa shape index (κ2) is 7.16. The van der Waals surface area contributed by atoms with Crippen LogP contribution in [0.5, 0.6) is 0 Å². The van der Waals surface area contributed by atoms with Crippen molar-refractivity contribution in [2.45, 2.75) is 38.6 Å². The average molecular weight is 249 g/mol. The van der Waals surface area contributed by atoms with Crippen molar-refractivity contribution in [1.29, 1.82) is 0 Å². The van der Waals surface area contributed by atoms with Gasteiger partial charge in [0.05, 0.1) is 0 Å². The summed E-state index contributed by atoms with van der Waals surface area (Å²) in [5, 5.41) is 10.1. The van der Waals surface area contributed by atoms with Gasteiger partial charge in [-0.25, -0.2) is 4.98 Å². The molecule has 5 nitrogen and oxygen atoms in total. The predicted molar refractivity (Wildman–Crippen MR) is 74.9 cm³/mol. The number of nitrogens with zero attached hydrogens (tertiary/aromatic N) is 2. The van der Waals surface area contributed by atoms with Crippen molar-refractivity contribution in [3.8, 4) is 0 Å². The largest absolute Gasteiger partial charge is 0.367 e. The van der Waals surface area contributed by atoms with Gasteiger partial charge in [-0.1, -0.05) is 13.3 Å². The van der Waals surface area contributed by atoms with Crippen LogP contribution in [0.25, 0.3) is 0 Å². The van der Waals surface area contributed by atoms with E-state index in [1.54, 1.807) is 0 Å². The van der Waals surface area contributed by atoms with Gasteiger partial charge in [-0.05, 0) is 38.4 Å². The van der Waals surface area contributed by atoms with Crippen LogP contribution in [-0.2, 0) is 0 Å². The molecule has 1 aliphatic heterocycles. The number of hydrogen-bond donors (Lipinski definition) is 3. The minimum absolute atomic E-state index is 0.532. The Morgan fingerprint density at radius 1 is 1.39 bits per heavy atom. The highest BCUT2D eigenvalue weighted by molar-refractivity contribution is 5.40.